The molecular formula is C16H22FNO3. The lowest BCUT2D eigenvalue weighted by molar-refractivity contribution is -0.122. The van der Waals surface area contributed by atoms with Crippen LogP contribution in [-0.2, 0) is 16.0 Å². The SMILES string of the molecule is C[C@H](C(=O)Cc1cccc(F)c1)N(C)C(=O)OC(C)(C)C. The summed E-state index contributed by atoms with van der Waals surface area (Å²) in [4.78, 5) is 25.3. The fourth-order valence-corrected chi connectivity index (χ4v) is 1.70. The zero-order chi connectivity index (χ0) is 16.2. The topological polar surface area (TPSA) is 46.6 Å². The summed E-state index contributed by atoms with van der Waals surface area (Å²) in [5.74, 6) is -0.553. The number of ether oxygens (including phenoxy) is 1. The Kier molecular flexibility index (Phi) is 5.47. The molecule has 0 spiro atoms. The Morgan fingerprint density at radius 2 is 1.95 bits per heavy atom. The number of hydrogen-bond acceptors (Lipinski definition) is 3. The summed E-state index contributed by atoms with van der Waals surface area (Å²) in [5.41, 5.74) is -0.0270. The average molecular weight is 295 g/mol. The monoisotopic (exact) mass is 295 g/mol. The number of nitrogens with zero attached hydrogens (tertiary/aromatic N) is 1. The first-order valence-corrected chi connectivity index (χ1v) is 6.83. The summed E-state index contributed by atoms with van der Waals surface area (Å²) in [7, 11) is 1.52. The van der Waals surface area contributed by atoms with Crippen molar-refractivity contribution in [1.29, 1.82) is 0 Å². The lowest BCUT2D eigenvalue weighted by Gasteiger charge is -2.28. The maximum atomic E-state index is 13.1. The van der Waals surface area contributed by atoms with Crippen LogP contribution >= 0.6 is 0 Å². The molecule has 1 amide bonds. The zero-order valence-electron chi connectivity index (χ0n) is 13.1. The smallest absolute Gasteiger partial charge is 0.410 e. The van der Waals surface area contributed by atoms with E-state index in [1.54, 1.807) is 39.8 Å². The van der Waals surface area contributed by atoms with Crippen LogP contribution < -0.4 is 0 Å². The van der Waals surface area contributed by atoms with E-state index < -0.39 is 17.7 Å². The third kappa shape index (κ3) is 5.53. The van der Waals surface area contributed by atoms with E-state index in [0.29, 0.717) is 5.56 Å². The van der Waals surface area contributed by atoms with Crippen LogP contribution in [0.4, 0.5) is 9.18 Å². The molecule has 0 aliphatic rings. The van der Waals surface area contributed by atoms with Gasteiger partial charge in [0, 0.05) is 13.5 Å². The van der Waals surface area contributed by atoms with Crippen molar-refractivity contribution in [3.05, 3.63) is 35.6 Å². The minimum Gasteiger partial charge on any atom is -0.444 e. The number of carbonyl (C=O) groups excluding carboxylic acids is 2. The van der Waals surface area contributed by atoms with E-state index in [4.69, 9.17) is 4.74 Å². The molecular weight excluding hydrogens is 273 g/mol. The summed E-state index contributed by atoms with van der Waals surface area (Å²) in [6.45, 7) is 6.92. The number of amides is 1. The predicted octanol–water partition coefficient (Wildman–Crippen LogP) is 3.19. The van der Waals surface area contributed by atoms with Crippen LogP contribution in [0.1, 0.15) is 33.3 Å². The van der Waals surface area contributed by atoms with Crippen LogP contribution in [0, 0.1) is 5.82 Å². The standard InChI is InChI=1S/C16H22FNO3/c1-11(18(5)15(20)21-16(2,3)4)14(19)10-12-7-6-8-13(17)9-12/h6-9,11H,10H2,1-5H3/t11-/m1/s1. The Morgan fingerprint density at radius 3 is 2.48 bits per heavy atom. The quantitative estimate of drug-likeness (QED) is 0.857. The number of benzene rings is 1. The summed E-state index contributed by atoms with van der Waals surface area (Å²) in [6.07, 6.45) is -0.478. The molecule has 0 saturated carbocycles. The first-order valence-electron chi connectivity index (χ1n) is 6.83. The van der Waals surface area contributed by atoms with Crippen molar-refractivity contribution in [1.82, 2.24) is 4.90 Å². The van der Waals surface area contributed by atoms with Gasteiger partial charge in [-0.05, 0) is 45.4 Å². The Morgan fingerprint density at radius 1 is 1.33 bits per heavy atom. The van der Waals surface area contributed by atoms with Crippen molar-refractivity contribution in [2.75, 3.05) is 7.05 Å². The van der Waals surface area contributed by atoms with Crippen LogP contribution in [0.3, 0.4) is 0 Å². The van der Waals surface area contributed by atoms with Gasteiger partial charge in [0.2, 0.25) is 0 Å². The largest absolute Gasteiger partial charge is 0.444 e. The molecule has 21 heavy (non-hydrogen) atoms. The number of ketones is 1. The molecule has 0 unspecified atom stereocenters. The maximum absolute atomic E-state index is 13.1. The lowest BCUT2D eigenvalue weighted by atomic mass is 10.0. The van der Waals surface area contributed by atoms with Gasteiger partial charge in [0.15, 0.2) is 5.78 Å². The summed E-state index contributed by atoms with van der Waals surface area (Å²) < 4.78 is 18.3. The van der Waals surface area contributed by atoms with E-state index in [1.807, 2.05) is 0 Å². The third-order valence-electron chi connectivity index (χ3n) is 3.00. The molecule has 0 fully saturated rings. The van der Waals surface area contributed by atoms with E-state index in [9.17, 15) is 14.0 Å². The van der Waals surface area contributed by atoms with Crippen LogP contribution in [0.25, 0.3) is 0 Å². The highest BCUT2D eigenvalue weighted by Gasteiger charge is 2.26. The maximum Gasteiger partial charge on any atom is 0.410 e. The first kappa shape index (κ1) is 17.1. The lowest BCUT2D eigenvalue weighted by Crippen LogP contribution is -2.43. The highest BCUT2D eigenvalue weighted by molar-refractivity contribution is 5.88. The molecule has 116 valence electrons. The number of carbonyl (C=O) groups is 2. The molecule has 0 aliphatic heterocycles. The van der Waals surface area contributed by atoms with Crippen molar-refractivity contribution in [3.63, 3.8) is 0 Å². The van der Waals surface area contributed by atoms with Crippen molar-refractivity contribution in [2.24, 2.45) is 0 Å². The molecule has 0 radical (unpaired) electrons. The molecule has 0 saturated heterocycles. The molecule has 1 aromatic carbocycles. The molecule has 1 aromatic rings. The van der Waals surface area contributed by atoms with Crippen LogP contribution in [0.15, 0.2) is 24.3 Å². The highest BCUT2D eigenvalue weighted by atomic mass is 19.1. The van der Waals surface area contributed by atoms with Crippen LogP contribution in [-0.4, -0.2) is 35.5 Å². The molecule has 4 nitrogen and oxygen atoms in total. The van der Waals surface area contributed by atoms with Gasteiger partial charge in [-0.1, -0.05) is 12.1 Å². The van der Waals surface area contributed by atoms with E-state index in [1.165, 1.54) is 24.1 Å². The molecule has 1 atom stereocenters. The van der Waals surface area contributed by atoms with E-state index >= 15 is 0 Å². The number of hydrogen-bond donors (Lipinski definition) is 0. The molecule has 5 heteroatoms. The Labute approximate surface area is 124 Å². The van der Waals surface area contributed by atoms with Gasteiger partial charge >= 0.3 is 6.09 Å². The molecule has 1 rings (SSSR count). The predicted molar refractivity (Wildman–Crippen MR) is 78.6 cm³/mol. The van der Waals surface area contributed by atoms with Gasteiger partial charge < -0.3 is 9.64 Å². The number of rotatable bonds is 4. The fraction of sp³-hybridized carbons (Fsp3) is 0.500. The zero-order valence-corrected chi connectivity index (χ0v) is 13.1. The van der Waals surface area contributed by atoms with Gasteiger partial charge in [0.1, 0.15) is 11.4 Å². The second-order valence-electron chi connectivity index (χ2n) is 6.04. The number of likely N-dealkylation sites (N-methyl/N-ethyl adjacent to an activating group) is 1. The highest BCUT2D eigenvalue weighted by Crippen LogP contribution is 2.12. The average Bonchev–Trinajstić information content (AvgIpc) is 2.34. The number of Topliss-reactive ketones (excluding diaryl/α,β-unsaturated/α-hetero) is 1. The summed E-state index contributed by atoms with van der Waals surface area (Å²) in [6, 6.07) is 5.24. The Balaban J connectivity index is 2.67. The minimum atomic E-state index is -0.636. The van der Waals surface area contributed by atoms with Gasteiger partial charge in [-0.2, -0.15) is 0 Å². The third-order valence-corrected chi connectivity index (χ3v) is 3.00. The van der Waals surface area contributed by atoms with E-state index in [-0.39, 0.29) is 18.0 Å². The van der Waals surface area contributed by atoms with Gasteiger partial charge in [-0.15, -0.1) is 0 Å². The molecule has 0 bridgehead atoms. The van der Waals surface area contributed by atoms with Crippen molar-refractivity contribution < 1.29 is 18.7 Å². The molecule has 0 N–H and O–H groups in total. The Bertz CT molecular complexity index is 522. The molecule has 0 aliphatic carbocycles. The van der Waals surface area contributed by atoms with Crippen molar-refractivity contribution >= 4 is 11.9 Å². The van der Waals surface area contributed by atoms with Crippen molar-refractivity contribution in [2.45, 2.75) is 45.8 Å². The second kappa shape index (κ2) is 6.70. The minimum absolute atomic E-state index is 0.0755. The van der Waals surface area contributed by atoms with Gasteiger partial charge in [-0.3, -0.25) is 4.79 Å². The van der Waals surface area contributed by atoms with Crippen LogP contribution in [0.2, 0.25) is 0 Å². The van der Waals surface area contributed by atoms with Gasteiger partial charge in [-0.25, -0.2) is 9.18 Å². The molecule has 0 heterocycles. The molecule has 0 aromatic heterocycles. The van der Waals surface area contributed by atoms with Crippen molar-refractivity contribution in [3.8, 4) is 0 Å². The summed E-state index contributed by atoms with van der Waals surface area (Å²) in [5, 5.41) is 0. The van der Waals surface area contributed by atoms with Gasteiger partial charge in [0.25, 0.3) is 0 Å². The Hall–Kier alpha value is -1.91. The van der Waals surface area contributed by atoms with Crippen LogP contribution in [0.5, 0.6) is 0 Å². The second-order valence-corrected chi connectivity index (χ2v) is 6.04. The summed E-state index contributed by atoms with van der Waals surface area (Å²) >= 11 is 0. The normalized spacial score (nSPS) is 12.7. The van der Waals surface area contributed by atoms with Gasteiger partial charge in [0.05, 0.1) is 6.04 Å². The first-order chi connectivity index (χ1) is 9.60. The fourth-order valence-electron chi connectivity index (χ4n) is 1.70. The number of halogens is 1. The van der Waals surface area contributed by atoms with E-state index in [0.717, 1.165) is 0 Å². The van der Waals surface area contributed by atoms with E-state index in [2.05, 4.69) is 0 Å².